The van der Waals surface area contributed by atoms with Crippen molar-refractivity contribution in [1.82, 2.24) is 4.90 Å². The molecule has 2 N–H and O–H groups in total. The lowest BCUT2D eigenvalue weighted by Crippen LogP contribution is -2.48. The van der Waals surface area contributed by atoms with Crippen molar-refractivity contribution in [2.75, 3.05) is 13.1 Å². The van der Waals surface area contributed by atoms with Crippen molar-refractivity contribution < 1.29 is 4.79 Å². The minimum Gasteiger partial charge on any atom is -0.338 e. The number of amides is 1. The molecular formula is C14H20N2OS. The van der Waals surface area contributed by atoms with E-state index in [4.69, 9.17) is 5.73 Å². The first-order valence-corrected chi connectivity index (χ1v) is 7.63. The minimum absolute atomic E-state index is 0.216. The fourth-order valence-electron chi connectivity index (χ4n) is 2.94. The zero-order valence-corrected chi connectivity index (χ0v) is 11.6. The highest BCUT2D eigenvalue weighted by Crippen LogP contribution is 2.31. The monoisotopic (exact) mass is 264 g/mol. The number of carbonyl (C=O) groups excluding carboxylic acids is 1. The van der Waals surface area contributed by atoms with Crippen LogP contribution in [0.2, 0.25) is 0 Å². The molecule has 2 heterocycles. The average molecular weight is 264 g/mol. The molecule has 2 atom stereocenters. The Balaban J connectivity index is 1.74. The largest absolute Gasteiger partial charge is 0.338 e. The SMILES string of the molecule is CC1CN(C(=O)c2cc3c(s2)CCC3)CCC1N. The van der Waals surface area contributed by atoms with E-state index in [1.807, 2.05) is 4.90 Å². The van der Waals surface area contributed by atoms with Crippen LogP contribution >= 0.6 is 11.3 Å². The van der Waals surface area contributed by atoms with Gasteiger partial charge in [-0.3, -0.25) is 4.79 Å². The molecule has 1 fully saturated rings. The molecule has 0 bridgehead atoms. The predicted octanol–water partition coefficient (Wildman–Crippen LogP) is 2.05. The van der Waals surface area contributed by atoms with Crippen LogP contribution in [0, 0.1) is 5.92 Å². The summed E-state index contributed by atoms with van der Waals surface area (Å²) in [6.45, 7) is 3.76. The van der Waals surface area contributed by atoms with E-state index in [1.54, 1.807) is 11.3 Å². The van der Waals surface area contributed by atoms with Crippen molar-refractivity contribution in [1.29, 1.82) is 0 Å². The van der Waals surface area contributed by atoms with Crippen molar-refractivity contribution in [3.8, 4) is 0 Å². The Morgan fingerprint density at radius 3 is 3.06 bits per heavy atom. The molecule has 18 heavy (non-hydrogen) atoms. The maximum atomic E-state index is 12.5. The molecule has 3 rings (SSSR count). The molecule has 2 aliphatic rings. The summed E-state index contributed by atoms with van der Waals surface area (Å²) in [4.78, 5) is 16.8. The average Bonchev–Trinajstić information content (AvgIpc) is 2.92. The van der Waals surface area contributed by atoms with Gasteiger partial charge in [-0.25, -0.2) is 0 Å². The van der Waals surface area contributed by atoms with E-state index in [1.165, 1.54) is 16.9 Å². The van der Waals surface area contributed by atoms with Gasteiger partial charge in [-0.1, -0.05) is 6.92 Å². The summed E-state index contributed by atoms with van der Waals surface area (Å²) >= 11 is 1.70. The lowest BCUT2D eigenvalue weighted by molar-refractivity contribution is 0.0669. The first kappa shape index (κ1) is 12.2. The van der Waals surface area contributed by atoms with E-state index in [0.717, 1.165) is 37.2 Å². The lowest BCUT2D eigenvalue weighted by Gasteiger charge is -2.34. The molecule has 1 aromatic heterocycles. The van der Waals surface area contributed by atoms with Crippen molar-refractivity contribution in [2.24, 2.45) is 11.7 Å². The number of hydrogen-bond donors (Lipinski definition) is 1. The van der Waals surface area contributed by atoms with Gasteiger partial charge in [0.05, 0.1) is 4.88 Å². The number of aryl methyl sites for hydroxylation is 2. The molecule has 0 radical (unpaired) electrons. The number of nitrogens with zero attached hydrogens (tertiary/aromatic N) is 1. The summed E-state index contributed by atoms with van der Waals surface area (Å²) in [6, 6.07) is 2.37. The Morgan fingerprint density at radius 1 is 1.50 bits per heavy atom. The van der Waals surface area contributed by atoms with Gasteiger partial charge in [0, 0.05) is 24.0 Å². The molecule has 1 aliphatic heterocycles. The van der Waals surface area contributed by atoms with E-state index in [0.29, 0.717) is 5.92 Å². The molecule has 1 aliphatic carbocycles. The van der Waals surface area contributed by atoms with E-state index in [2.05, 4.69) is 13.0 Å². The molecule has 98 valence electrons. The van der Waals surface area contributed by atoms with Gasteiger partial charge in [0.1, 0.15) is 0 Å². The Morgan fingerprint density at radius 2 is 2.33 bits per heavy atom. The van der Waals surface area contributed by atoms with Crippen molar-refractivity contribution in [2.45, 2.75) is 38.6 Å². The number of rotatable bonds is 1. The number of thiophene rings is 1. The lowest BCUT2D eigenvalue weighted by atomic mass is 9.95. The normalized spacial score (nSPS) is 27.3. The van der Waals surface area contributed by atoms with Crippen LogP contribution in [0.25, 0.3) is 0 Å². The first-order chi connectivity index (χ1) is 8.65. The van der Waals surface area contributed by atoms with E-state index >= 15 is 0 Å². The van der Waals surface area contributed by atoms with Crippen LogP contribution in [0.15, 0.2) is 6.07 Å². The molecule has 1 amide bonds. The molecule has 0 spiro atoms. The first-order valence-electron chi connectivity index (χ1n) is 6.81. The summed E-state index contributed by atoms with van der Waals surface area (Å²) in [5, 5.41) is 0. The summed E-state index contributed by atoms with van der Waals surface area (Å²) < 4.78 is 0. The predicted molar refractivity (Wildman–Crippen MR) is 74.0 cm³/mol. The molecule has 3 nitrogen and oxygen atoms in total. The highest BCUT2D eigenvalue weighted by Gasteiger charge is 2.28. The molecule has 1 saturated heterocycles. The zero-order valence-electron chi connectivity index (χ0n) is 10.8. The summed E-state index contributed by atoms with van der Waals surface area (Å²) in [5.41, 5.74) is 7.41. The fraction of sp³-hybridized carbons (Fsp3) is 0.643. The maximum Gasteiger partial charge on any atom is 0.263 e. The van der Waals surface area contributed by atoms with Gasteiger partial charge in [-0.05, 0) is 43.2 Å². The van der Waals surface area contributed by atoms with Gasteiger partial charge in [-0.15, -0.1) is 11.3 Å². The van der Waals surface area contributed by atoms with Gasteiger partial charge >= 0.3 is 0 Å². The van der Waals surface area contributed by atoms with E-state index in [9.17, 15) is 4.79 Å². The van der Waals surface area contributed by atoms with Crippen molar-refractivity contribution in [3.63, 3.8) is 0 Å². The maximum absolute atomic E-state index is 12.5. The Hall–Kier alpha value is -0.870. The number of hydrogen-bond acceptors (Lipinski definition) is 3. The van der Waals surface area contributed by atoms with E-state index < -0.39 is 0 Å². The number of likely N-dealkylation sites (tertiary alicyclic amines) is 1. The van der Waals surface area contributed by atoms with Gasteiger partial charge in [0.15, 0.2) is 0 Å². The summed E-state index contributed by atoms with van der Waals surface area (Å²) in [6.07, 6.45) is 4.50. The minimum atomic E-state index is 0.216. The van der Waals surface area contributed by atoms with Gasteiger partial charge < -0.3 is 10.6 Å². The number of nitrogens with two attached hydrogens (primary N) is 1. The number of piperidine rings is 1. The van der Waals surface area contributed by atoms with Gasteiger partial charge in [0.2, 0.25) is 0 Å². The summed E-state index contributed by atoms with van der Waals surface area (Å²) in [5.74, 6) is 0.627. The molecular weight excluding hydrogens is 244 g/mol. The molecule has 0 aromatic carbocycles. The fourth-order valence-corrected chi connectivity index (χ4v) is 4.16. The van der Waals surface area contributed by atoms with Crippen LogP contribution in [0.4, 0.5) is 0 Å². The highest BCUT2D eigenvalue weighted by atomic mass is 32.1. The van der Waals surface area contributed by atoms with Crippen LogP contribution in [0.1, 0.15) is 39.9 Å². The van der Waals surface area contributed by atoms with Gasteiger partial charge in [0.25, 0.3) is 5.91 Å². The number of carbonyl (C=O) groups is 1. The smallest absolute Gasteiger partial charge is 0.263 e. The molecule has 1 aromatic rings. The quantitative estimate of drug-likeness (QED) is 0.844. The second-order valence-corrected chi connectivity index (χ2v) is 6.73. The molecule has 2 unspecified atom stereocenters. The molecule has 4 heteroatoms. The number of fused-ring (bicyclic) bond motifs is 1. The van der Waals surface area contributed by atoms with Crippen LogP contribution in [0.5, 0.6) is 0 Å². The van der Waals surface area contributed by atoms with E-state index in [-0.39, 0.29) is 11.9 Å². The second kappa shape index (κ2) is 4.67. The van der Waals surface area contributed by atoms with Crippen LogP contribution in [-0.4, -0.2) is 29.9 Å². The van der Waals surface area contributed by atoms with Gasteiger partial charge in [-0.2, -0.15) is 0 Å². The Bertz CT molecular complexity index is 447. The van der Waals surface area contributed by atoms with Crippen LogP contribution in [-0.2, 0) is 12.8 Å². The standard InChI is InChI=1S/C14H20N2OS/c1-9-8-16(6-5-11(9)15)14(17)13-7-10-3-2-4-12(10)18-13/h7,9,11H,2-6,8,15H2,1H3. The Kier molecular flexibility index (Phi) is 3.16. The van der Waals surface area contributed by atoms with Crippen molar-refractivity contribution >= 4 is 17.2 Å². The third-order valence-electron chi connectivity index (χ3n) is 4.22. The van der Waals surface area contributed by atoms with Crippen LogP contribution in [0.3, 0.4) is 0 Å². The highest BCUT2D eigenvalue weighted by molar-refractivity contribution is 7.14. The third kappa shape index (κ3) is 2.08. The molecule has 0 saturated carbocycles. The zero-order chi connectivity index (χ0) is 12.7. The van der Waals surface area contributed by atoms with Crippen LogP contribution < -0.4 is 5.73 Å². The third-order valence-corrected chi connectivity index (χ3v) is 5.44. The summed E-state index contributed by atoms with van der Waals surface area (Å²) in [7, 11) is 0. The second-order valence-electron chi connectivity index (χ2n) is 5.59. The Labute approximate surface area is 112 Å². The van der Waals surface area contributed by atoms with Crippen molar-refractivity contribution in [3.05, 3.63) is 21.4 Å². The topological polar surface area (TPSA) is 46.3 Å².